The van der Waals surface area contributed by atoms with Crippen LogP contribution in [0.25, 0.3) is 0 Å². The summed E-state index contributed by atoms with van der Waals surface area (Å²) in [5.74, 6) is 2.60. The SMILES string of the molecule is CNc1nc(C)nc(NC2(C)CCOCC2)c1C. The molecule has 2 N–H and O–H groups in total. The van der Waals surface area contributed by atoms with Crippen LogP contribution in [0.1, 0.15) is 31.2 Å². The van der Waals surface area contributed by atoms with Gasteiger partial charge in [-0.1, -0.05) is 0 Å². The number of ether oxygens (including phenoxy) is 1. The highest BCUT2D eigenvalue weighted by Crippen LogP contribution is 2.28. The van der Waals surface area contributed by atoms with Gasteiger partial charge in [0.15, 0.2) is 0 Å². The Morgan fingerprint density at radius 1 is 1.11 bits per heavy atom. The first-order valence-corrected chi connectivity index (χ1v) is 6.43. The first-order valence-electron chi connectivity index (χ1n) is 6.43. The fourth-order valence-electron chi connectivity index (χ4n) is 2.23. The minimum Gasteiger partial charge on any atom is -0.381 e. The molecule has 0 saturated carbocycles. The molecule has 1 saturated heterocycles. The molecule has 0 radical (unpaired) electrons. The average molecular weight is 250 g/mol. The van der Waals surface area contributed by atoms with E-state index in [0.717, 1.165) is 49.1 Å². The normalized spacial score (nSPS) is 18.4. The number of anilines is 2. The molecule has 0 spiro atoms. The lowest BCUT2D eigenvalue weighted by Crippen LogP contribution is -2.41. The topological polar surface area (TPSA) is 59.1 Å². The number of hydrogen-bond donors (Lipinski definition) is 2. The van der Waals surface area contributed by atoms with E-state index in [1.165, 1.54) is 0 Å². The molecule has 0 aromatic carbocycles. The predicted molar refractivity (Wildman–Crippen MR) is 73.1 cm³/mol. The molecule has 0 aliphatic carbocycles. The molecular formula is C13H22N4O. The number of aryl methyl sites for hydroxylation is 1. The summed E-state index contributed by atoms with van der Waals surface area (Å²) in [6.45, 7) is 7.80. The number of rotatable bonds is 3. The summed E-state index contributed by atoms with van der Waals surface area (Å²) in [6.07, 6.45) is 2.01. The van der Waals surface area contributed by atoms with E-state index in [0.29, 0.717) is 0 Å². The molecule has 2 rings (SSSR count). The van der Waals surface area contributed by atoms with E-state index in [9.17, 15) is 0 Å². The zero-order chi connectivity index (χ0) is 13.2. The fraction of sp³-hybridized carbons (Fsp3) is 0.692. The van der Waals surface area contributed by atoms with Gasteiger partial charge in [-0.3, -0.25) is 0 Å². The van der Waals surface area contributed by atoms with Crippen molar-refractivity contribution in [2.45, 2.75) is 39.2 Å². The van der Waals surface area contributed by atoms with Gasteiger partial charge in [0, 0.05) is 31.4 Å². The summed E-state index contributed by atoms with van der Waals surface area (Å²) in [7, 11) is 1.88. The molecule has 1 aromatic rings. The van der Waals surface area contributed by atoms with Crippen LogP contribution in [0, 0.1) is 13.8 Å². The second-order valence-electron chi connectivity index (χ2n) is 5.14. The first kappa shape index (κ1) is 13.1. The van der Waals surface area contributed by atoms with Crippen molar-refractivity contribution in [2.24, 2.45) is 0 Å². The van der Waals surface area contributed by atoms with Crippen molar-refractivity contribution in [1.29, 1.82) is 0 Å². The van der Waals surface area contributed by atoms with Gasteiger partial charge in [0.2, 0.25) is 0 Å². The fourth-order valence-corrected chi connectivity index (χ4v) is 2.23. The average Bonchev–Trinajstić information content (AvgIpc) is 2.34. The molecule has 100 valence electrons. The maximum absolute atomic E-state index is 5.42. The van der Waals surface area contributed by atoms with Crippen LogP contribution in [0.5, 0.6) is 0 Å². The van der Waals surface area contributed by atoms with Crippen molar-refractivity contribution in [3.8, 4) is 0 Å². The van der Waals surface area contributed by atoms with Gasteiger partial charge in [-0.25, -0.2) is 9.97 Å². The highest BCUT2D eigenvalue weighted by Gasteiger charge is 2.28. The lowest BCUT2D eigenvalue weighted by molar-refractivity contribution is 0.0657. The van der Waals surface area contributed by atoms with Gasteiger partial charge < -0.3 is 15.4 Å². The van der Waals surface area contributed by atoms with Gasteiger partial charge in [0.25, 0.3) is 0 Å². The van der Waals surface area contributed by atoms with Crippen LogP contribution in [0.3, 0.4) is 0 Å². The van der Waals surface area contributed by atoms with Crippen LogP contribution in [0.4, 0.5) is 11.6 Å². The minimum atomic E-state index is 0.0643. The molecular weight excluding hydrogens is 228 g/mol. The summed E-state index contributed by atoms with van der Waals surface area (Å²) in [4.78, 5) is 8.90. The molecule has 1 fully saturated rings. The van der Waals surface area contributed by atoms with Gasteiger partial charge in [-0.15, -0.1) is 0 Å². The second-order valence-corrected chi connectivity index (χ2v) is 5.14. The van der Waals surface area contributed by atoms with E-state index >= 15 is 0 Å². The Morgan fingerprint density at radius 2 is 1.72 bits per heavy atom. The summed E-state index contributed by atoms with van der Waals surface area (Å²) in [5.41, 5.74) is 1.13. The first-order chi connectivity index (χ1) is 8.54. The highest BCUT2D eigenvalue weighted by atomic mass is 16.5. The van der Waals surface area contributed by atoms with Crippen LogP contribution < -0.4 is 10.6 Å². The predicted octanol–water partition coefficient (Wildman–Crippen LogP) is 2.12. The van der Waals surface area contributed by atoms with E-state index < -0.39 is 0 Å². The molecule has 1 aliphatic heterocycles. The maximum atomic E-state index is 5.42. The van der Waals surface area contributed by atoms with Crippen molar-refractivity contribution in [3.05, 3.63) is 11.4 Å². The van der Waals surface area contributed by atoms with Crippen LogP contribution in [0.2, 0.25) is 0 Å². The Labute approximate surface area is 108 Å². The van der Waals surface area contributed by atoms with E-state index in [4.69, 9.17) is 4.74 Å². The molecule has 5 heteroatoms. The van der Waals surface area contributed by atoms with Gasteiger partial charge in [-0.2, -0.15) is 0 Å². The number of nitrogens with zero attached hydrogens (tertiary/aromatic N) is 2. The molecule has 18 heavy (non-hydrogen) atoms. The summed E-state index contributed by atoms with van der Waals surface area (Å²) in [5, 5.41) is 6.68. The largest absolute Gasteiger partial charge is 0.381 e. The summed E-state index contributed by atoms with van der Waals surface area (Å²) >= 11 is 0. The van der Waals surface area contributed by atoms with Gasteiger partial charge >= 0.3 is 0 Å². The highest BCUT2D eigenvalue weighted by molar-refractivity contribution is 5.57. The Hall–Kier alpha value is -1.36. The van der Waals surface area contributed by atoms with Crippen molar-refractivity contribution >= 4 is 11.6 Å². The smallest absolute Gasteiger partial charge is 0.135 e. The quantitative estimate of drug-likeness (QED) is 0.860. The maximum Gasteiger partial charge on any atom is 0.135 e. The Balaban J connectivity index is 2.25. The van der Waals surface area contributed by atoms with E-state index in [1.54, 1.807) is 0 Å². The molecule has 0 unspecified atom stereocenters. The van der Waals surface area contributed by atoms with Gasteiger partial charge in [0.05, 0.1) is 0 Å². The van der Waals surface area contributed by atoms with E-state index in [2.05, 4.69) is 27.5 Å². The number of aromatic nitrogens is 2. The molecule has 0 bridgehead atoms. The lowest BCUT2D eigenvalue weighted by Gasteiger charge is -2.35. The van der Waals surface area contributed by atoms with Crippen molar-refractivity contribution in [2.75, 3.05) is 30.9 Å². The Kier molecular flexibility index (Phi) is 3.71. The third-order valence-corrected chi connectivity index (χ3v) is 3.51. The third kappa shape index (κ3) is 2.72. The molecule has 2 heterocycles. The Bertz CT molecular complexity index is 427. The third-order valence-electron chi connectivity index (χ3n) is 3.51. The van der Waals surface area contributed by atoms with Crippen LogP contribution >= 0.6 is 0 Å². The zero-order valence-corrected chi connectivity index (χ0v) is 11.6. The number of hydrogen-bond acceptors (Lipinski definition) is 5. The van der Waals surface area contributed by atoms with Crippen molar-refractivity contribution in [3.63, 3.8) is 0 Å². The Morgan fingerprint density at radius 3 is 2.33 bits per heavy atom. The summed E-state index contributed by atoms with van der Waals surface area (Å²) in [6, 6.07) is 0. The lowest BCUT2D eigenvalue weighted by atomic mass is 9.92. The zero-order valence-electron chi connectivity index (χ0n) is 11.6. The van der Waals surface area contributed by atoms with Crippen LogP contribution in [-0.2, 0) is 4.74 Å². The molecule has 0 amide bonds. The van der Waals surface area contributed by atoms with Crippen LogP contribution in [0.15, 0.2) is 0 Å². The monoisotopic (exact) mass is 250 g/mol. The van der Waals surface area contributed by atoms with Gasteiger partial charge in [-0.05, 0) is 33.6 Å². The molecule has 0 atom stereocenters. The molecule has 5 nitrogen and oxygen atoms in total. The second kappa shape index (κ2) is 5.10. The number of nitrogens with one attached hydrogen (secondary N) is 2. The van der Waals surface area contributed by atoms with E-state index in [-0.39, 0.29) is 5.54 Å². The molecule has 1 aromatic heterocycles. The minimum absolute atomic E-state index is 0.0643. The summed E-state index contributed by atoms with van der Waals surface area (Å²) < 4.78 is 5.42. The standard InChI is InChI=1S/C13H22N4O/c1-9-11(14-4)15-10(2)16-12(9)17-13(3)5-7-18-8-6-13/h5-8H2,1-4H3,(H2,14,15,16,17). The van der Waals surface area contributed by atoms with E-state index in [1.807, 2.05) is 20.9 Å². The van der Waals surface area contributed by atoms with Crippen molar-refractivity contribution in [1.82, 2.24) is 9.97 Å². The van der Waals surface area contributed by atoms with Crippen LogP contribution in [-0.4, -0.2) is 35.8 Å². The van der Waals surface area contributed by atoms with Crippen molar-refractivity contribution < 1.29 is 4.74 Å². The van der Waals surface area contributed by atoms with Gasteiger partial charge in [0.1, 0.15) is 17.5 Å². The molecule has 1 aliphatic rings.